The van der Waals surface area contributed by atoms with Crippen molar-refractivity contribution in [3.05, 3.63) is 52.0 Å². The van der Waals surface area contributed by atoms with E-state index in [1.165, 1.54) is 5.56 Å². The van der Waals surface area contributed by atoms with Crippen LogP contribution in [0.1, 0.15) is 55.7 Å². The molecule has 2 aromatic rings. The number of nitrogens with zero attached hydrogens (tertiary/aromatic N) is 3. The third kappa shape index (κ3) is 8.87. The zero-order valence-electron chi connectivity index (χ0n) is 18.6. The minimum absolute atomic E-state index is 0. The molecule has 1 aromatic carbocycles. The lowest BCUT2D eigenvalue weighted by molar-refractivity contribution is 0.0651. The Balaban J connectivity index is 0.00000450. The predicted octanol–water partition coefficient (Wildman–Crippen LogP) is 5.03. The van der Waals surface area contributed by atoms with Crippen LogP contribution in [-0.2, 0) is 16.0 Å². The molecule has 2 rings (SSSR count). The van der Waals surface area contributed by atoms with E-state index in [0.29, 0.717) is 13.2 Å². The van der Waals surface area contributed by atoms with Crippen LogP contribution in [-0.4, -0.2) is 49.7 Å². The van der Waals surface area contributed by atoms with Crippen LogP contribution in [0.4, 0.5) is 0 Å². The van der Waals surface area contributed by atoms with Crippen molar-refractivity contribution in [2.24, 2.45) is 4.99 Å². The number of aliphatic imine (C=N–C) groups is 1. The van der Waals surface area contributed by atoms with E-state index in [4.69, 9.17) is 14.5 Å². The number of benzene rings is 1. The van der Waals surface area contributed by atoms with Crippen LogP contribution in [0.2, 0.25) is 0 Å². The number of hydrogen-bond donors (Lipinski definition) is 1. The summed E-state index contributed by atoms with van der Waals surface area (Å²) in [5.74, 6) is 0.887. The van der Waals surface area contributed by atoms with Crippen LogP contribution < -0.4 is 5.32 Å². The number of hydrogen-bond acceptors (Lipinski definition) is 5. The highest BCUT2D eigenvalue weighted by Crippen LogP contribution is 2.21. The van der Waals surface area contributed by atoms with E-state index in [2.05, 4.69) is 46.6 Å². The van der Waals surface area contributed by atoms with Crippen LogP contribution >= 0.6 is 35.3 Å². The van der Waals surface area contributed by atoms with Crippen LogP contribution in [0, 0.1) is 0 Å². The highest BCUT2D eigenvalue weighted by atomic mass is 127. The van der Waals surface area contributed by atoms with Crippen molar-refractivity contribution >= 4 is 41.3 Å². The second-order valence-electron chi connectivity index (χ2n) is 6.92. The van der Waals surface area contributed by atoms with Gasteiger partial charge in [-0.2, -0.15) is 0 Å². The summed E-state index contributed by atoms with van der Waals surface area (Å²) in [5, 5.41) is 6.44. The maximum atomic E-state index is 5.94. The molecule has 0 saturated carbocycles. The van der Waals surface area contributed by atoms with Crippen molar-refractivity contribution in [2.45, 2.75) is 45.9 Å². The highest BCUT2D eigenvalue weighted by molar-refractivity contribution is 14.0. The summed E-state index contributed by atoms with van der Waals surface area (Å²) in [6.45, 7) is 9.12. The third-order valence-electron chi connectivity index (χ3n) is 4.57. The Labute approximate surface area is 202 Å². The number of guanidine groups is 1. The lowest BCUT2D eigenvalue weighted by Crippen LogP contribution is -2.38. The normalized spacial score (nSPS) is 13.4. The summed E-state index contributed by atoms with van der Waals surface area (Å²) in [7, 11) is 3.74. The van der Waals surface area contributed by atoms with Crippen molar-refractivity contribution < 1.29 is 9.47 Å². The highest BCUT2D eigenvalue weighted by Gasteiger charge is 2.12. The van der Waals surface area contributed by atoms with E-state index in [0.717, 1.165) is 36.2 Å². The zero-order chi connectivity index (χ0) is 21.1. The predicted molar refractivity (Wildman–Crippen MR) is 136 cm³/mol. The van der Waals surface area contributed by atoms with Gasteiger partial charge in [-0.05, 0) is 32.8 Å². The van der Waals surface area contributed by atoms with Gasteiger partial charge in [-0.25, -0.2) is 4.98 Å². The quantitative estimate of drug-likeness (QED) is 0.185. The Morgan fingerprint density at radius 2 is 1.97 bits per heavy atom. The molecule has 0 radical (unpaired) electrons. The van der Waals surface area contributed by atoms with E-state index < -0.39 is 0 Å². The van der Waals surface area contributed by atoms with Crippen molar-refractivity contribution in [2.75, 3.05) is 33.9 Å². The standard InChI is InChI=1S/C22H34N4O2S.HI/c1-6-23-22(26(4)15-20-16-29-21(25-20)18(3)27-5)24-13-10-14-28-17(2)19-11-8-7-9-12-19;/h7-9,11-12,16-18H,6,10,13-15H2,1-5H3,(H,23,24);1H. The minimum Gasteiger partial charge on any atom is -0.375 e. The molecule has 0 spiro atoms. The van der Waals surface area contributed by atoms with Crippen LogP contribution in [0.25, 0.3) is 0 Å². The fraction of sp³-hybridized carbons (Fsp3) is 0.545. The topological polar surface area (TPSA) is 59.0 Å². The summed E-state index contributed by atoms with van der Waals surface area (Å²) in [6.07, 6.45) is 1.01. The fourth-order valence-corrected chi connectivity index (χ4v) is 3.64. The molecule has 30 heavy (non-hydrogen) atoms. The summed E-state index contributed by atoms with van der Waals surface area (Å²) >= 11 is 1.63. The first-order valence-corrected chi connectivity index (χ1v) is 11.1. The Morgan fingerprint density at radius 1 is 1.23 bits per heavy atom. The molecule has 0 amide bonds. The van der Waals surface area contributed by atoms with Gasteiger partial charge >= 0.3 is 0 Å². The van der Waals surface area contributed by atoms with Crippen LogP contribution in [0.3, 0.4) is 0 Å². The molecule has 8 heteroatoms. The maximum Gasteiger partial charge on any atom is 0.194 e. The molecular formula is C22H35IN4O2S. The number of nitrogens with one attached hydrogen (secondary N) is 1. The van der Waals surface area contributed by atoms with Crippen LogP contribution in [0.15, 0.2) is 40.7 Å². The Kier molecular flexibility index (Phi) is 13.2. The molecule has 0 saturated heterocycles. The van der Waals surface area contributed by atoms with E-state index in [1.54, 1.807) is 18.4 Å². The SMILES string of the molecule is CCNC(=NCCCOC(C)c1ccccc1)N(C)Cc1csc(C(C)OC)n1.I. The first-order chi connectivity index (χ1) is 14.0. The Morgan fingerprint density at radius 3 is 2.63 bits per heavy atom. The van der Waals surface area contributed by atoms with Gasteiger partial charge in [0.1, 0.15) is 11.1 Å². The van der Waals surface area contributed by atoms with Gasteiger partial charge < -0.3 is 19.7 Å². The van der Waals surface area contributed by atoms with Gasteiger partial charge in [-0.1, -0.05) is 30.3 Å². The van der Waals surface area contributed by atoms with Crippen molar-refractivity contribution in [3.63, 3.8) is 0 Å². The number of methoxy groups -OCH3 is 1. The minimum atomic E-state index is 0. The Hall–Kier alpha value is -1.23. The van der Waals surface area contributed by atoms with Gasteiger partial charge in [0, 0.05) is 39.2 Å². The summed E-state index contributed by atoms with van der Waals surface area (Å²) in [4.78, 5) is 11.5. The molecule has 0 fully saturated rings. The Bertz CT molecular complexity index is 742. The molecule has 168 valence electrons. The van der Waals surface area contributed by atoms with E-state index >= 15 is 0 Å². The average Bonchev–Trinajstić information content (AvgIpc) is 3.21. The summed E-state index contributed by atoms with van der Waals surface area (Å²) in [6, 6.07) is 10.3. The van der Waals surface area contributed by atoms with E-state index in [1.807, 2.05) is 32.2 Å². The van der Waals surface area contributed by atoms with Gasteiger partial charge in [0.15, 0.2) is 5.96 Å². The van der Waals surface area contributed by atoms with E-state index in [9.17, 15) is 0 Å². The van der Waals surface area contributed by atoms with Gasteiger partial charge in [0.25, 0.3) is 0 Å². The van der Waals surface area contributed by atoms with Crippen LogP contribution in [0.5, 0.6) is 0 Å². The summed E-state index contributed by atoms with van der Waals surface area (Å²) < 4.78 is 11.3. The number of ether oxygens (including phenoxy) is 2. The number of aromatic nitrogens is 1. The van der Waals surface area contributed by atoms with Gasteiger partial charge in [0.2, 0.25) is 0 Å². The summed E-state index contributed by atoms with van der Waals surface area (Å²) in [5.41, 5.74) is 2.23. The monoisotopic (exact) mass is 546 g/mol. The molecule has 0 bridgehead atoms. The molecule has 1 aromatic heterocycles. The second kappa shape index (κ2) is 14.7. The molecule has 1 N–H and O–H groups in total. The number of rotatable bonds is 11. The third-order valence-corrected chi connectivity index (χ3v) is 5.62. The van der Waals surface area contributed by atoms with Crippen molar-refractivity contribution in [1.82, 2.24) is 15.2 Å². The van der Waals surface area contributed by atoms with Gasteiger partial charge in [0.05, 0.1) is 18.3 Å². The molecule has 2 atom stereocenters. The molecular weight excluding hydrogens is 511 g/mol. The molecule has 0 aliphatic heterocycles. The molecule has 0 aliphatic carbocycles. The van der Waals surface area contributed by atoms with Crippen molar-refractivity contribution in [1.29, 1.82) is 0 Å². The van der Waals surface area contributed by atoms with Crippen molar-refractivity contribution in [3.8, 4) is 0 Å². The lowest BCUT2D eigenvalue weighted by atomic mass is 10.1. The molecule has 0 aliphatic rings. The largest absolute Gasteiger partial charge is 0.375 e. The van der Waals surface area contributed by atoms with Gasteiger partial charge in [-0.3, -0.25) is 4.99 Å². The lowest BCUT2D eigenvalue weighted by Gasteiger charge is -2.21. The average molecular weight is 547 g/mol. The number of halogens is 1. The molecule has 2 unspecified atom stereocenters. The first-order valence-electron chi connectivity index (χ1n) is 10.2. The molecule has 1 heterocycles. The second-order valence-corrected chi connectivity index (χ2v) is 7.81. The smallest absolute Gasteiger partial charge is 0.194 e. The maximum absolute atomic E-state index is 5.94. The van der Waals surface area contributed by atoms with Gasteiger partial charge in [-0.15, -0.1) is 35.3 Å². The number of thiazole rings is 1. The first kappa shape index (κ1) is 26.8. The fourth-order valence-electron chi connectivity index (χ4n) is 2.80. The molecule has 6 nitrogen and oxygen atoms in total. The van der Waals surface area contributed by atoms with E-state index in [-0.39, 0.29) is 36.2 Å². The zero-order valence-corrected chi connectivity index (χ0v) is 21.8.